The second kappa shape index (κ2) is 6.88. The molecule has 1 aromatic rings. The summed E-state index contributed by atoms with van der Waals surface area (Å²) in [5.41, 5.74) is 5.96. The quantitative estimate of drug-likeness (QED) is 0.836. The highest BCUT2D eigenvalue weighted by Gasteiger charge is 2.37. The summed E-state index contributed by atoms with van der Waals surface area (Å²) in [6, 6.07) is 1.79. The Morgan fingerprint density at radius 2 is 2.35 bits per heavy atom. The molecule has 20 heavy (non-hydrogen) atoms. The van der Waals surface area contributed by atoms with Gasteiger partial charge in [0.1, 0.15) is 0 Å². The molecule has 0 spiro atoms. The minimum absolute atomic E-state index is 0.0817. The molecule has 112 valence electrons. The highest BCUT2D eigenvalue weighted by molar-refractivity contribution is 5.33. The van der Waals surface area contributed by atoms with Crippen LogP contribution in [0.1, 0.15) is 46.0 Å². The van der Waals surface area contributed by atoms with E-state index in [1.807, 2.05) is 0 Å². The highest BCUT2D eigenvalue weighted by atomic mass is 16.5. The van der Waals surface area contributed by atoms with Crippen LogP contribution in [0, 0.1) is 5.92 Å². The van der Waals surface area contributed by atoms with Gasteiger partial charge >= 0.3 is 0 Å². The first-order valence-electron chi connectivity index (χ1n) is 7.64. The molecule has 1 aromatic heterocycles. The molecule has 1 heterocycles. The van der Waals surface area contributed by atoms with Gasteiger partial charge in [0, 0.05) is 18.8 Å². The van der Waals surface area contributed by atoms with Gasteiger partial charge in [-0.25, -0.2) is 4.98 Å². The van der Waals surface area contributed by atoms with Crippen molar-refractivity contribution in [3.8, 4) is 5.88 Å². The van der Waals surface area contributed by atoms with Crippen LogP contribution in [0.5, 0.6) is 5.88 Å². The Kier molecular flexibility index (Phi) is 5.17. The summed E-state index contributed by atoms with van der Waals surface area (Å²) in [4.78, 5) is 8.74. The molecule has 0 aliphatic heterocycles. The van der Waals surface area contributed by atoms with Crippen LogP contribution >= 0.6 is 0 Å². The standard InChI is InChI=1S/C15H26N4O/c1-3-10-20-13-7-9-17-14(18-13)19-15(11-16)8-5-4-6-12(15)2/h7,9,12H,3-6,8,10-11,16H2,1-2H3,(H,17,18,19). The smallest absolute Gasteiger partial charge is 0.226 e. The number of rotatable bonds is 6. The fourth-order valence-corrected chi connectivity index (χ4v) is 2.87. The van der Waals surface area contributed by atoms with E-state index < -0.39 is 0 Å². The van der Waals surface area contributed by atoms with Gasteiger partial charge in [-0.1, -0.05) is 26.7 Å². The molecule has 1 aliphatic rings. The predicted octanol–water partition coefficient (Wildman–Crippen LogP) is 2.58. The van der Waals surface area contributed by atoms with Crippen molar-refractivity contribution >= 4 is 5.95 Å². The molecular weight excluding hydrogens is 252 g/mol. The van der Waals surface area contributed by atoms with Crippen LogP contribution < -0.4 is 15.8 Å². The van der Waals surface area contributed by atoms with Crippen LogP contribution in [-0.4, -0.2) is 28.7 Å². The summed E-state index contributed by atoms with van der Waals surface area (Å²) in [6.07, 6.45) is 7.48. The zero-order chi connectivity index (χ0) is 14.4. The zero-order valence-corrected chi connectivity index (χ0v) is 12.6. The topological polar surface area (TPSA) is 73.1 Å². The first kappa shape index (κ1) is 15.0. The average molecular weight is 278 g/mol. The third kappa shape index (κ3) is 3.39. The summed E-state index contributed by atoms with van der Waals surface area (Å²) in [5.74, 6) is 1.78. The fourth-order valence-electron chi connectivity index (χ4n) is 2.87. The summed E-state index contributed by atoms with van der Waals surface area (Å²) in [7, 11) is 0. The van der Waals surface area contributed by atoms with Crippen LogP contribution in [0.25, 0.3) is 0 Å². The minimum atomic E-state index is -0.0817. The van der Waals surface area contributed by atoms with Crippen molar-refractivity contribution in [1.82, 2.24) is 9.97 Å². The molecule has 0 bridgehead atoms. The van der Waals surface area contributed by atoms with E-state index >= 15 is 0 Å². The van der Waals surface area contributed by atoms with Gasteiger partial charge in [-0.05, 0) is 25.2 Å². The summed E-state index contributed by atoms with van der Waals surface area (Å²) in [5, 5.41) is 3.48. The average Bonchev–Trinajstić information content (AvgIpc) is 2.48. The number of nitrogens with two attached hydrogens (primary N) is 1. The SMILES string of the molecule is CCCOc1ccnc(NC2(CN)CCCCC2C)n1. The van der Waals surface area contributed by atoms with Crippen molar-refractivity contribution in [2.45, 2.75) is 51.5 Å². The molecule has 2 unspecified atom stereocenters. The Morgan fingerprint density at radius 3 is 3.05 bits per heavy atom. The highest BCUT2D eigenvalue weighted by Crippen LogP contribution is 2.35. The molecule has 2 rings (SSSR count). The third-order valence-electron chi connectivity index (χ3n) is 4.26. The first-order valence-corrected chi connectivity index (χ1v) is 7.64. The lowest BCUT2D eigenvalue weighted by molar-refractivity contribution is 0.234. The fraction of sp³-hybridized carbons (Fsp3) is 0.733. The maximum Gasteiger partial charge on any atom is 0.226 e. The van der Waals surface area contributed by atoms with Gasteiger partial charge < -0.3 is 15.8 Å². The van der Waals surface area contributed by atoms with Crippen molar-refractivity contribution in [3.05, 3.63) is 12.3 Å². The second-order valence-corrected chi connectivity index (χ2v) is 5.70. The van der Waals surface area contributed by atoms with Crippen LogP contribution in [0.2, 0.25) is 0 Å². The number of hydrogen-bond acceptors (Lipinski definition) is 5. The van der Waals surface area contributed by atoms with E-state index in [4.69, 9.17) is 10.5 Å². The maximum absolute atomic E-state index is 6.05. The van der Waals surface area contributed by atoms with Crippen molar-refractivity contribution in [3.63, 3.8) is 0 Å². The number of hydrogen-bond donors (Lipinski definition) is 2. The Bertz CT molecular complexity index is 426. The van der Waals surface area contributed by atoms with E-state index in [0.29, 0.717) is 30.9 Å². The van der Waals surface area contributed by atoms with Crippen LogP contribution in [0.3, 0.4) is 0 Å². The van der Waals surface area contributed by atoms with Crippen molar-refractivity contribution in [1.29, 1.82) is 0 Å². The van der Waals surface area contributed by atoms with E-state index in [-0.39, 0.29) is 5.54 Å². The molecule has 1 aliphatic carbocycles. The Hall–Kier alpha value is -1.36. The molecule has 2 atom stereocenters. The number of aromatic nitrogens is 2. The molecule has 5 heteroatoms. The molecule has 0 amide bonds. The molecular formula is C15H26N4O. The molecule has 1 saturated carbocycles. The van der Waals surface area contributed by atoms with Gasteiger partial charge in [0.05, 0.1) is 12.1 Å². The van der Waals surface area contributed by atoms with Crippen molar-refractivity contribution in [2.24, 2.45) is 11.7 Å². The van der Waals surface area contributed by atoms with Gasteiger partial charge in [0.2, 0.25) is 11.8 Å². The summed E-state index contributed by atoms with van der Waals surface area (Å²) in [6.45, 7) is 5.62. The second-order valence-electron chi connectivity index (χ2n) is 5.70. The molecule has 5 nitrogen and oxygen atoms in total. The van der Waals surface area contributed by atoms with Crippen LogP contribution in [0.4, 0.5) is 5.95 Å². The Balaban J connectivity index is 2.10. The third-order valence-corrected chi connectivity index (χ3v) is 4.26. The van der Waals surface area contributed by atoms with Crippen molar-refractivity contribution in [2.75, 3.05) is 18.5 Å². The number of nitrogens with one attached hydrogen (secondary N) is 1. The zero-order valence-electron chi connectivity index (χ0n) is 12.6. The number of ether oxygens (including phenoxy) is 1. The van der Waals surface area contributed by atoms with E-state index in [1.54, 1.807) is 12.3 Å². The monoisotopic (exact) mass is 278 g/mol. The van der Waals surface area contributed by atoms with E-state index in [1.165, 1.54) is 19.3 Å². The number of anilines is 1. The molecule has 0 radical (unpaired) electrons. The molecule has 1 fully saturated rings. The normalized spacial score (nSPS) is 26.2. The van der Waals surface area contributed by atoms with Crippen LogP contribution in [-0.2, 0) is 0 Å². The maximum atomic E-state index is 6.05. The molecule has 3 N–H and O–H groups in total. The van der Waals surface area contributed by atoms with E-state index in [0.717, 1.165) is 12.8 Å². The van der Waals surface area contributed by atoms with Crippen molar-refractivity contribution < 1.29 is 4.74 Å². The summed E-state index contributed by atoms with van der Waals surface area (Å²) < 4.78 is 5.56. The number of nitrogens with zero attached hydrogens (tertiary/aromatic N) is 2. The summed E-state index contributed by atoms with van der Waals surface area (Å²) >= 11 is 0. The minimum Gasteiger partial charge on any atom is -0.478 e. The molecule has 0 saturated heterocycles. The van der Waals surface area contributed by atoms with Crippen LogP contribution in [0.15, 0.2) is 12.3 Å². The molecule has 0 aromatic carbocycles. The lowest BCUT2D eigenvalue weighted by Crippen LogP contribution is -2.52. The Labute approximate surface area is 121 Å². The predicted molar refractivity (Wildman–Crippen MR) is 80.9 cm³/mol. The lowest BCUT2D eigenvalue weighted by atomic mass is 9.73. The lowest BCUT2D eigenvalue weighted by Gasteiger charge is -2.42. The van der Waals surface area contributed by atoms with Gasteiger partial charge in [-0.15, -0.1) is 0 Å². The van der Waals surface area contributed by atoms with Gasteiger partial charge in [-0.3, -0.25) is 0 Å². The van der Waals surface area contributed by atoms with E-state index in [2.05, 4.69) is 29.1 Å². The first-order chi connectivity index (χ1) is 9.70. The van der Waals surface area contributed by atoms with Gasteiger partial charge in [-0.2, -0.15) is 4.98 Å². The largest absolute Gasteiger partial charge is 0.478 e. The van der Waals surface area contributed by atoms with Gasteiger partial charge in [0.15, 0.2) is 0 Å². The van der Waals surface area contributed by atoms with Gasteiger partial charge in [0.25, 0.3) is 0 Å². The Morgan fingerprint density at radius 1 is 1.50 bits per heavy atom. The van der Waals surface area contributed by atoms with E-state index in [9.17, 15) is 0 Å².